The number of hydrogen-bond donors (Lipinski definition) is 3. The van der Waals surface area contributed by atoms with Crippen molar-refractivity contribution in [3.05, 3.63) is 76.0 Å². The Labute approximate surface area is 148 Å². The molecular weight excluding hydrogens is 337 g/mol. The molecule has 1 aromatic heterocycles. The van der Waals surface area contributed by atoms with Gasteiger partial charge in [-0.15, -0.1) is 10.2 Å². The molecular formula is C18H16FN5O2. The maximum Gasteiger partial charge on any atom is 0.274 e. The summed E-state index contributed by atoms with van der Waals surface area (Å²) in [5, 5.41) is 13.5. The number of hydrogen-bond acceptors (Lipinski definition) is 5. The number of amides is 1. The summed E-state index contributed by atoms with van der Waals surface area (Å²) in [7, 11) is 0. The van der Waals surface area contributed by atoms with Gasteiger partial charge in [-0.1, -0.05) is 12.1 Å². The third kappa shape index (κ3) is 4.50. The SMILES string of the molecule is CC(=O)Nc1ccc(Nc2nnc(Cc3ccc(F)cc3)c(=O)[nH]2)cc1. The molecule has 0 unspecified atom stereocenters. The van der Waals surface area contributed by atoms with Gasteiger partial charge < -0.3 is 10.6 Å². The quantitative estimate of drug-likeness (QED) is 0.655. The molecule has 0 aliphatic heterocycles. The van der Waals surface area contributed by atoms with Crippen LogP contribution in [0.3, 0.4) is 0 Å². The first-order valence-corrected chi connectivity index (χ1v) is 7.84. The Kier molecular flexibility index (Phi) is 5.02. The average molecular weight is 353 g/mol. The van der Waals surface area contributed by atoms with Crippen molar-refractivity contribution in [3.63, 3.8) is 0 Å². The minimum absolute atomic E-state index is 0.155. The van der Waals surface area contributed by atoms with Crippen molar-refractivity contribution in [1.82, 2.24) is 15.2 Å². The molecule has 0 saturated carbocycles. The number of nitrogens with one attached hydrogen (secondary N) is 3. The molecule has 0 radical (unpaired) electrons. The highest BCUT2D eigenvalue weighted by molar-refractivity contribution is 5.88. The second-order valence-corrected chi connectivity index (χ2v) is 5.64. The number of benzene rings is 2. The molecule has 1 heterocycles. The molecule has 3 N–H and O–H groups in total. The van der Waals surface area contributed by atoms with Crippen molar-refractivity contribution in [3.8, 4) is 0 Å². The second kappa shape index (κ2) is 7.56. The second-order valence-electron chi connectivity index (χ2n) is 5.64. The topological polar surface area (TPSA) is 99.8 Å². The van der Waals surface area contributed by atoms with E-state index in [1.165, 1.54) is 19.1 Å². The number of carbonyl (C=O) groups is 1. The molecule has 3 aromatic rings. The number of H-pyrrole nitrogens is 1. The molecule has 1 amide bonds. The van der Waals surface area contributed by atoms with Crippen molar-refractivity contribution in [2.24, 2.45) is 0 Å². The lowest BCUT2D eigenvalue weighted by atomic mass is 10.1. The number of rotatable bonds is 5. The standard InChI is InChI=1S/C18H16FN5O2/c1-11(25)20-14-6-8-15(9-7-14)21-18-22-17(26)16(23-24-18)10-12-2-4-13(19)5-3-12/h2-9H,10H2,1H3,(H,20,25)(H2,21,22,24,26). The smallest absolute Gasteiger partial charge is 0.274 e. The highest BCUT2D eigenvalue weighted by Crippen LogP contribution is 2.16. The number of halogens is 1. The molecule has 3 rings (SSSR count). The minimum atomic E-state index is -0.373. The van der Waals surface area contributed by atoms with Crippen molar-refractivity contribution in [2.75, 3.05) is 10.6 Å². The number of carbonyl (C=O) groups excluding carboxylic acids is 1. The van der Waals surface area contributed by atoms with E-state index in [2.05, 4.69) is 25.8 Å². The first-order chi connectivity index (χ1) is 12.5. The Morgan fingerprint density at radius 1 is 1.04 bits per heavy atom. The summed E-state index contributed by atoms with van der Waals surface area (Å²) < 4.78 is 12.9. The maximum absolute atomic E-state index is 12.9. The van der Waals surface area contributed by atoms with E-state index in [1.807, 2.05) is 0 Å². The lowest BCUT2D eigenvalue weighted by Crippen LogP contribution is -2.18. The fourth-order valence-corrected chi connectivity index (χ4v) is 2.30. The van der Waals surface area contributed by atoms with E-state index in [-0.39, 0.29) is 35.3 Å². The maximum atomic E-state index is 12.9. The predicted octanol–water partition coefficient (Wildman–Crippen LogP) is 2.60. The van der Waals surface area contributed by atoms with Crippen LogP contribution >= 0.6 is 0 Å². The van der Waals surface area contributed by atoms with Gasteiger partial charge in [0.15, 0.2) is 0 Å². The van der Waals surface area contributed by atoms with Crippen LogP contribution in [0.4, 0.5) is 21.7 Å². The van der Waals surface area contributed by atoms with Gasteiger partial charge in [-0.05, 0) is 42.0 Å². The molecule has 0 saturated heterocycles. The average Bonchev–Trinajstić information content (AvgIpc) is 2.60. The Balaban J connectivity index is 1.70. The van der Waals surface area contributed by atoms with Crippen molar-refractivity contribution in [1.29, 1.82) is 0 Å². The summed E-state index contributed by atoms with van der Waals surface area (Å²) in [5.41, 5.74) is 1.97. The fraction of sp³-hybridized carbons (Fsp3) is 0.111. The van der Waals surface area contributed by atoms with Crippen molar-refractivity contribution >= 4 is 23.2 Å². The number of anilines is 3. The Hall–Kier alpha value is -3.55. The van der Waals surface area contributed by atoms with Crippen LogP contribution in [0.5, 0.6) is 0 Å². The van der Waals surface area contributed by atoms with Gasteiger partial charge in [0, 0.05) is 24.7 Å². The van der Waals surface area contributed by atoms with E-state index in [1.54, 1.807) is 36.4 Å². The van der Waals surface area contributed by atoms with Crippen LogP contribution < -0.4 is 16.2 Å². The van der Waals surface area contributed by atoms with E-state index < -0.39 is 0 Å². The highest BCUT2D eigenvalue weighted by Gasteiger charge is 2.07. The Bertz CT molecular complexity index is 968. The number of nitrogens with zero attached hydrogens (tertiary/aromatic N) is 2. The molecule has 0 fully saturated rings. The van der Waals surface area contributed by atoms with Gasteiger partial charge in [0.1, 0.15) is 11.5 Å². The van der Waals surface area contributed by atoms with Crippen LogP contribution in [0.25, 0.3) is 0 Å². The molecule has 0 atom stereocenters. The third-order valence-corrected chi connectivity index (χ3v) is 3.52. The van der Waals surface area contributed by atoms with Crippen LogP contribution in [0.2, 0.25) is 0 Å². The molecule has 7 nitrogen and oxygen atoms in total. The fourth-order valence-electron chi connectivity index (χ4n) is 2.30. The molecule has 0 spiro atoms. The molecule has 8 heteroatoms. The van der Waals surface area contributed by atoms with Crippen LogP contribution in [-0.4, -0.2) is 21.1 Å². The molecule has 0 bridgehead atoms. The largest absolute Gasteiger partial charge is 0.326 e. The first-order valence-electron chi connectivity index (χ1n) is 7.84. The zero-order chi connectivity index (χ0) is 18.5. The zero-order valence-corrected chi connectivity index (χ0v) is 13.9. The molecule has 0 aliphatic carbocycles. The highest BCUT2D eigenvalue weighted by atomic mass is 19.1. The summed E-state index contributed by atoms with van der Waals surface area (Å²) in [4.78, 5) is 25.8. The van der Waals surface area contributed by atoms with Gasteiger partial charge in [-0.2, -0.15) is 0 Å². The summed E-state index contributed by atoms with van der Waals surface area (Å²) in [6.07, 6.45) is 0.258. The molecule has 2 aromatic carbocycles. The molecule has 0 aliphatic rings. The Morgan fingerprint density at radius 2 is 1.69 bits per heavy atom. The van der Waals surface area contributed by atoms with Gasteiger partial charge >= 0.3 is 0 Å². The number of aromatic amines is 1. The first kappa shape index (κ1) is 17.3. The van der Waals surface area contributed by atoms with Crippen LogP contribution in [-0.2, 0) is 11.2 Å². The van der Waals surface area contributed by atoms with Crippen LogP contribution in [0.1, 0.15) is 18.2 Å². The Morgan fingerprint density at radius 3 is 2.31 bits per heavy atom. The zero-order valence-electron chi connectivity index (χ0n) is 13.9. The summed E-state index contributed by atoms with van der Waals surface area (Å²) in [6.45, 7) is 1.43. The van der Waals surface area contributed by atoms with Gasteiger partial charge in [0.25, 0.3) is 5.56 Å². The van der Waals surface area contributed by atoms with Crippen LogP contribution in [0.15, 0.2) is 53.3 Å². The van der Waals surface area contributed by atoms with Gasteiger partial charge in [0.2, 0.25) is 11.9 Å². The van der Waals surface area contributed by atoms with E-state index in [9.17, 15) is 14.0 Å². The van der Waals surface area contributed by atoms with E-state index in [0.717, 1.165) is 5.56 Å². The predicted molar refractivity (Wildman–Crippen MR) is 95.9 cm³/mol. The van der Waals surface area contributed by atoms with Crippen molar-refractivity contribution in [2.45, 2.75) is 13.3 Å². The normalized spacial score (nSPS) is 10.4. The van der Waals surface area contributed by atoms with Crippen LogP contribution in [0, 0.1) is 5.82 Å². The molecule has 132 valence electrons. The van der Waals surface area contributed by atoms with Gasteiger partial charge in [-0.3, -0.25) is 14.6 Å². The van der Waals surface area contributed by atoms with E-state index in [0.29, 0.717) is 11.4 Å². The van der Waals surface area contributed by atoms with Gasteiger partial charge in [-0.25, -0.2) is 4.39 Å². The third-order valence-electron chi connectivity index (χ3n) is 3.52. The lowest BCUT2D eigenvalue weighted by Gasteiger charge is -2.07. The van der Waals surface area contributed by atoms with E-state index >= 15 is 0 Å². The monoisotopic (exact) mass is 353 g/mol. The summed E-state index contributed by atoms with van der Waals surface area (Å²) in [5.74, 6) is -0.291. The summed E-state index contributed by atoms with van der Waals surface area (Å²) in [6, 6.07) is 12.8. The lowest BCUT2D eigenvalue weighted by molar-refractivity contribution is -0.114. The van der Waals surface area contributed by atoms with Gasteiger partial charge in [0.05, 0.1) is 0 Å². The summed E-state index contributed by atoms with van der Waals surface area (Å²) >= 11 is 0. The van der Waals surface area contributed by atoms with E-state index in [4.69, 9.17) is 0 Å². The minimum Gasteiger partial charge on any atom is -0.326 e. The molecule has 26 heavy (non-hydrogen) atoms. The number of aromatic nitrogens is 3. The van der Waals surface area contributed by atoms with Crippen molar-refractivity contribution < 1.29 is 9.18 Å².